The number of carbonyl (C=O) groups excluding carboxylic acids is 3. The Balaban J connectivity index is 1.40. The van der Waals surface area contributed by atoms with Crippen LogP contribution >= 0.6 is 0 Å². The largest absolute Gasteiger partial charge is 0.344 e. The van der Waals surface area contributed by atoms with E-state index in [1.807, 2.05) is 6.92 Å². The molecule has 0 spiro atoms. The van der Waals surface area contributed by atoms with Gasteiger partial charge in [-0.3, -0.25) is 19.9 Å². The van der Waals surface area contributed by atoms with Gasteiger partial charge in [-0.2, -0.15) is 5.01 Å². The monoisotopic (exact) mass is 400 g/mol. The highest BCUT2D eigenvalue weighted by molar-refractivity contribution is 6.07. The normalized spacial score (nSPS) is 23.3. The van der Waals surface area contributed by atoms with Crippen molar-refractivity contribution in [3.63, 3.8) is 0 Å². The number of imide groups is 1. The van der Waals surface area contributed by atoms with E-state index in [4.69, 9.17) is 0 Å². The lowest BCUT2D eigenvalue weighted by molar-refractivity contribution is -0.139. The number of benzene rings is 1. The van der Waals surface area contributed by atoms with Crippen molar-refractivity contribution in [2.24, 2.45) is 5.92 Å². The fourth-order valence-electron chi connectivity index (χ4n) is 3.95. The lowest BCUT2D eigenvalue weighted by Gasteiger charge is -2.31. The third-order valence-electron chi connectivity index (χ3n) is 6.24. The van der Waals surface area contributed by atoms with Crippen LogP contribution in [0.4, 0.5) is 4.79 Å². The van der Waals surface area contributed by atoms with E-state index in [1.165, 1.54) is 17.5 Å². The Morgan fingerprint density at radius 2 is 1.86 bits per heavy atom. The molecule has 2 aliphatic rings. The molecule has 1 unspecified atom stereocenters. The second-order valence-electron chi connectivity index (χ2n) is 8.54. The van der Waals surface area contributed by atoms with Gasteiger partial charge in [-0.15, -0.1) is 0 Å². The molecule has 2 aliphatic heterocycles. The SMILES string of the molecule is CCC1(C)NC(=O)N(NC(=O)CN2CCC(CCc3ccc(C)cc3)CC2)C1=O. The van der Waals surface area contributed by atoms with Crippen molar-refractivity contribution < 1.29 is 14.4 Å². The van der Waals surface area contributed by atoms with E-state index in [9.17, 15) is 14.4 Å². The van der Waals surface area contributed by atoms with Gasteiger partial charge in [0.1, 0.15) is 5.54 Å². The summed E-state index contributed by atoms with van der Waals surface area (Å²) in [5.74, 6) is -0.0630. The van der Waals surface area contributed by atoms with E-state index in [-0.39, 0.29) is 12.5 Å². The van der Waals surface area contributed by atoms with E-state index in [0.717, 1.165) is 37.4 Å². The summed E-state index contributed by atoms with van der Waals surface area (Å²) in [5.41, 5.74) is 4.19. The first-order valence-electron chi connectivity index (χ1n) is 10.5. The van der Waals surface area contributed by atoms with Gasteiger partial charge in [0.2, 0.25) is 0 Å². The number of likely N-dealkylation sites (tertiary alicyclic amines) is 1. The molecule has 158 valence electrons. The van der Waals surface area contributed by atoms with E-state index < -0.39 is 17.5 Å². The molecule has 0 bridgehead atoms. The van der Waals surface area contributed by atoms with Gasteiger partial charge in [-0.1, -0.05) is 36.8 Å². The third-order valence-corrected chi connectivity index (χ3v) is 6.24. The maximum atomic E-state index is 12.4. The summed E-state index contributed by atoms with van der Waals surface area (Å²) in [6.07, 6.45) is 4.86. The number of carbonyl (C=O) groups is 3. The molecule has 0 saturated carbocycles. The average molecular weight is 401 g/mol. The van der Waals surface area contributed by atoms with Crippen molar-refractivity contribution >= 4 is 17.8 Å². The first kappa shape index (κ1) is 21.3. The minimum Gasteiger partial charge on any atom is -0.322 e. The van der Waals surface area contributed by atoms with Crippen LogP contribution in [0.2, 0.25) is 0 Å². The third kappa shape index (κ3) is 5.15. The van der Waals surface area contributed by atoms with E-state index in [1.54, 1.807) is 6.92 Å². The van der Waals surface area contributed by atoms with Gasteiger partial charge in [0.25, 0.3) is 11.8 Å². The summed E-state index contributed by atoms with van der Waals surface area (Å²) in [6, 6.07) is 8.15. The van der Waals surface area contributed by atoms with E-state index in [0.29, 0.717) is 12.3 Å². The first-order chi connectivity index (χ1) is 13.8. The zero-order valence-corrected chi connectivity index (χ0v) is 17.7. The number of hydrogen-bond donors (Lipinski definition) is 2. The predicted molar refractivity (Wildman–Crippen MR) is 111 cm³/mol. The lowest BCUT2D eigenvalue weighted by Crippen LogP contribution is -2.51. The predicted octanol–water partition coefficient (Wildman–Crippen LogP) is 2.39. The van der Waals surface area contributed by atoms with Crippen LogP contribution in [0.3, 0.4) is 0 Å². The molecule has 29 heavy (non-hydrogen) atoms. The van der Waals surface area contributed by atoms with Crippen LogP contribution in [-0.2, 0) is 16.0 Å². The van der Waals surface area contributed by atoms with Crippen LogP contribution < -0.4 is 10.7 Å². The average Bonchev–Trinajstić information content (AvgIpc) is 2.92. The second kappa shape index (κ2) is 8.95. The summed E-state index contributed by atoms with van der Waals surface area (Å²) >= 11 is 0. The van der Waals surface area contributed by atoms with Crippen LogP contribution in [0.15, 0.2) is 24.3 Å². The molecule has 7 nitrogen and oxygen atoms in total. The molecule has 0 aromatic heterocycles. The van der Waals surface area contributed by atoms with Gasteiger partial charge < -0.3 is 5.32 Å². The first-order valence-corrected chi connectivity index (χ1v) is 10.5. The minimum atomic E-state index is -0.944. The molecular formula is C22H32N4O3. The summed E-state index contributed by atoms with van der Waals surface area (Å²) < 4.78 is 0. The number of nitrogens with one attached hydrogen (secondary N) is 2. The molecule has 1 aromatic rings. The van der Waals surface area contributed by atoms with Crippen molar-refractivity contribution in [1.82, 2.24) is 20.7 Å². The number of rotatable bonds is 7. The molecule has 1 aromatic carbocycles. The quantitative estimate of drug-likeness (QED) is 0.689. The molecular weight excluding hydrogens is 368 g/mol. The number of nitrogens with zero attached hydrogens (tertiary/aromatic N) is 2. The molecule has 4 amide bonds. The van der Waals surface area contributed by atoms with Crippen molar-refractivity contribution in [1.29, 1.82) is 0 Å². The van der Waals surface area contributed by atoms with Crippen LogP contribution in [-0.4, -0.2) is 52.9 Å². The number of aryl methyl sites for hydroxylation is 2. The molecule has 2 N–H and O–H groups in total. The van der Waals surface area contributed by atoms with Crippen LogP contribution in [0.5, 0.6) is 0 Å². The maximum Gasteiger partial charge on any atom is 0.344 e. The van der Waals surface area contributed by atoms with E-state index in [2.05, 4.69) is 46.8 Å². The Morgan fingerprint density at radius 1 is 1.21 bits per heavy atom. The second-order valence-corrected chi connectivity index (χ2v) is 8.54. The topological polar surface area (TPSA) is 81.8 Å². The van der Waals surface area contributed by atoms with Gasteiger partial charge in [-0.05, 0) is 70.5 Å². The van der Waals surface area contributed by atoms with Gasteiger partial charge in [0.15, 0.2) is 0 Å². The summed E-state index contributed by atoms with van der Waals surface area (Å²) in [4.78, 5) is 38.8. The van der Waals surface area contributed by atoms with Gasteiger partial charge in [0.05, 0.1) is 6.54 Å². The molecule has 1 atom stereocenters. The van der Waals surface area contributed by atoms with Gasteiger partial charge in [-0.25, -0.2) is 4.79 Å². The van der Waals surface area contributed by atoms with Gasteiger partial charge >= 0.3 is 6.03 Å². The lowest BCUT2D eigenvalue weighted by atomic mass is 9.90. The van der Waals surface area contributed by atoms with Gasteiger partial charge in [0, 0.05) is 0 Å². The fourth-order valence-corrected chi connectivity index (χ4v) is 3.95. The van der Waals surface area contributed by atoms with Crippen LogP contribution in [0.1, 0.15) is 50.7 Å². The standard InChI is InChI=1S/C22H32N4O3/c1-4-22(3)20(28)26(21(29)23-22)24-19(27)15-25-13-11-18(12-14-25)10-9-17-7-5-16(2)6-8-17/h5-8,18H,4,9-15H2,1-3H3,(H,23,29)(H,24,27). The maximum absolute atomic E-state index is 12.4. The Kier molecular flexibility index (Phi) is 6.57. The summed E-state index contributed by atoms with van der Waals surface area (Å²) in [5, 5.41) is 3.45. The fraction of sp³-hybridized carbons (Fsp3) is 0.591. The number of hydrogen-bond acceptors (Lipinski definition) is 4. The molecule has 2 fully saturated rings. The minimum absolute atomic E-state index is 0.199. The van der Waals surface area contributed by atoms with Crippen molar-refractivity contribution in [3.8, 4) is 0 Å². The van der Waals surface area contributed by atoms with Crippen molar-refractivity contribution in [2.75, 3.05) is 19.6 Å². The summed E-state index contributed by atoms with van der Waals surface area (Å²) in [7, 11) is 0. The molecule has 0 aliphatic carbocycles. The number of piperidine rings is 1. The molecule has 3 rings (SSSR count). The van der Waals surface area contributed by atoms with E-state index >= 15 is 0 Å². The molecule has 2 heterocycles. The molecule has 7 heteroatoms. The number of urea groups is 1. The number of hydrazine groups is 1. The molecule has 2 saturated heterocycles. The Labute approximate surface area is 172 Å². The Morgan fingerprint density at radius 3 is 2.45 bits per heavy atom. The Bertz CT molecular complexity index is 756. The smallest absolute Gasteiger partial charge is 0.322 e. The number of amides is 4. The zero-order chi connectivity index (χ0) is 21.0. The van der Waals surface area contributed by atoms with Crippen LogP contribution in [0.25, 0.3) is 0 Å². The Hall–Kier alpha value is -2.41. The highest BCUT2D eigenvalue weighted by atomic mass is 16.2. The van der Waals surface area contributed by atoms with Crippen molar-refractivity contribution in [3.05, 3.63) is 35.4 Å². The highest BCUT2D eigenvalue weighted by Gasteiger charge is 2.47. The van der Waals surface area contributed by atoms with Crippen LogP contribution in [0, 0.1) is 12.8 Å². The summed E-state index contributed by atoms with van der Waals surface area (Å²) in [6.45, 7) is 7.51. The highest BCUT2D eigenvalue weighted by Crippen LogP contribution is 2.23. The van der Waals surface area contributed by atoms with Crippen molar-refractivity contribution in [2.45, 2.75) is 58.4 Å². The zero-order valence-electron chi connectivity index (χ0n) is 17.7. The molecule has 0 radical (unpaired) electrons.